The number of benzene rings is 3. The van der Waals surface area contributed by atoms with E-state index in [0.717, 1.165) is 41.0 Å². The SMILES string of the molecule is C#CCO[C@H]1CC[C@@H](COC(c2ccccc2)(c2ccc(OC)cc2)c2ccc(OC)cc2)O1. The van der Waals surface area contributed by atoms with Crippen molar-refractivity contribution in [2.24, 2.45) is 0 Å². The summed E-state index contributed by atoms with van der Waals surface area (Å²) in [7, 11) is 3.32. The molecule has 0 saturated carbocycles. The fourth-order valence-electron chi connectivity index (χ4n) is 4.35. The number of terminal acetylenes is 1. The highest BCUT2D eigenvalue weighted by Gasteiger charge is 2.39. The highest BCUT2D eigenvalue weighted by molar-refractivity contribution is 5.49. The first-order chi connectivity index (χ1) is 16.7. The third-order valence-corrected chi connectivity index (χ3v) is 6.08. The monoisotopic (exact) mass is 458 g/mol. The van der Waals surface area contributed by atoms with E-state index in [2.05, 4.69) is 18.1 Å². The second-order valence-electron chi connectivity index (χ2n) is 8.10. The molecule has 3 aromatic rings. The van der Waals surface area contributed by atoms with Crippen molar-refractivity contribution in [1.82, 2.24) is 0 Å². The minimum absolute atomic E-state index is 0.0950. The van der Waals surface area contributed by atoms with Crippen LogP contribution in [0.4, 0.5) is 0 Å². The summed E-state index contributed by atoms with van der Waals surface area (Å²) in [4.78, 5) is 0. The lowest BCUT2D eigenvalue weighted by molar-refractivity contribution is -0.145. The molecule has 4 rings (SSSR count). The number of rotatable bonds is 10. The van der Waals surface area contributed by atoms with Crippen LogP contribution in [-0.2, 0) is 19.8 Å². The van der Waals surface area contributed by atoms with Gasteiger partial charge in [0.1, 0.15) is 23.7 Å². The van der Waals surface area contributed by atoms with Gasteiger partial charge in [-0.05, 0) is 47.4 Å². The van der Waals surface area contributed by atoms with E-state index in [0.29, 0.717) is 6.61 Å². The Morgan fingerprint density at radius 3 is 1.91 bits per heavy atom. The molecule has 1 heterocycles. The van der Waals surface area contributed by atoms with Gasteiger partial charge in [-0.1, -0.05) is 60.5 Å². The van der Waals surface area contributed by atoms with Crippen molar-refractivity contribution in [1.29, 1.82) is 0 Å². The molecule has 3 aromatic carbocycles. The lowest BCUT2D eigenvalue weighted by atomic mass is 9.80. The van der Waals surface area contributed by atoms with Crippen molar-refractivity contribution in [2.45, 2.75) is 30.8 Å². The van der Waals surface area contributed by atoms with Crippen molar-refractivity contribution < 1.29 is 23.7 Å². The Morgan fingerprint density at radius 2 is 1.38 bits per heavy atom. The van der Waals surface area contributed by atoms with Crippen molar-refractivity contribution in [3.63, 3.8) is 0 Å². The van der Waals surface area contributed by atoms with Gasteiger partial charge in [0.15, 0.2) is 6.29 Å². The van der Waals surface area contributed by atoms with E-state index >= 15 is 0 Å². The molecule has 0 aliphatic carbocycles. The fourth-order valence-corrected chi connectivity index (χ4v) is 4.35. The topological polar surface area (TPSA) is 46.2 Å². The first-order valence-electron chi connectivity index (χ1n) is 11.4. The van der Waals surface area contributed by atoms with Gasteiger partial charge in [-0.2, -0.15) is 0 Å². The second-order valence-corrected chi connectivity index (χ2v) is 8.10. The van der Waals surface area contributed by atoms with Crippen LogP contribution in [0.25, 0.3) is 0 Å². The summed E-state index contributed by atoms with van der Waals surface area (Å²) in [6, 6.07) is 26.2. The van der Waals surface area contributed by atoms with E-state index < -0.39 is 5.60 Å². The van der Waals surface area contributed by atoms with Gasteiger partial charge in [0.25, 0.3) is 0 Å². The predicted octanol–water partition coefficient (Wildman–Crippen LogP) is 5.17. The molecule has 0 amide bonds. The highest BCUT2D eigenvalue weighted by atomic mass is 16.7. The molecule has 176 valence electrons. The Balaban J connectivity index is 1.73. The normalized spacial score (nSPS) is 17.8. The molecule has 1 aliphatic heterocycles. The minimum Gasteiger partial charge on any atom is -0.497 e. The van der Waals surface area contributed by atoms with Gasteiger partial charge < -0.3 is 23.7 Å². The van der Waals surface area contributed by atoms with Crippen LogP contribution in [-0.4, -0.2) is 39.8 Å². The van der Waals surface area contributed by atoms with Gasteiger partial charge in [-0.15, -0.1) is 6.42 Å². The largest absolute Gasteiger partial charge is 0.497 e. The molecule has 0 aromatic heterocycles. The second kappa shape index (κ2) is 11.2. The number of methoxy groups -OCH3 is 2. The van der Waals surface area contributed by atoms with Crippen LogP contribution < -0.4 is 9.47 Å². The minimum atomic E-state index is -0.860. The van der Waals surface area contributed by atoms with Crippen LogP contribution in [0.1, 0.15) is 29.5 Å². The van der Waals surface area contributed by atoms with Crippen LogP contribution in [0.5, 0.6) is 11.5 Å². The Kier molecular flexibility index (Phi) is 7.87. The van der Waals surface area contributed by atoms with Crippen LogP contribution in [0, 0.1) is 12.3 Å². The summed E-state index contributed by atoms with van der Waals surface area (Å²) < 4.78 is 29.3. The van der Waals surface area contributed by atoms with Gasteiger partial charge in [0, 0.05) is 6.42 Å². The fraction of sp³-hybridized carbons (Fsp3) is 0.310. The molecule has 5 nitrogen and oxygen atoms in total. The van der Waals surface area contributed by atoms with Crippen molar-refractivity contribution in [3.8, 4) is 23.8 Å². The summed E-state index contributed by atoms with van der Waals surface area (Å²) in [6.45, 7) is 0.632. The smallest absolute Gasteiger partial charge is 0.159 e. The molecule has 1 saturated heterocycles. The molecule has 0 unspecified atom stereocenters. The van der Waals surface area contributed by atoms with E-state index in [1.54, 1.807) is 14.2 Å². The van der Waals surface area contributed by atoms with E-state index in [4.69, 9.17) is 30.1 Å². The quantitative estimate of drug-likeness (QED) is 0.310. The summed E-state index contributed by atoms with van der Waals surface area (Å²) in [5, 5.41) is 0. The maximum Gasteiger partial charge on any atom is 0.159 e. The van der Waals surface area contributed by atoms with Gasteiger partial charge in [0.05, 0.1) is 26.9 Å². The van der Waals surface area contributed by atoms with Crippen LogP contribution in [0.3, 0.4) is 0 Å². The molecular formula is C29H30O5. The van der Waals surface area contributed by atoms with Gasteiger partial charge in [0.2, 0.25) is 0 Å². The Morgan fingerprint density at radius 1 is 0.824 bits per heavy atom. The van der Waals surface area contributed by atoms with Crippen molar-refractivity contribution in [2.75, 3.05) is 27.4 Å². The van der Waals surface area contributed by atoms with Gasteiger partial charge in [-0.25, -0.2) is 0 Å². The average Bonchev–Trinajstić information content (AvgIpc) is 3.37. The molecule has 1 aliphatic rings. The van der Waals surface area contributed by atoms with Gasteiger partial charge in [-0.3, -0.25) is 0 Å². The predicted molar refractivity (Wildman–Crippen MR) is 131 cm³/mol. The molecule has 2 atom stereocenters. The van der Waals surface area contributed by atoms with Crippen LogP contribution >= 0.6 is 0 Å². The van der Waals surface area contributed by atoms with Crippen LogP contribution in [0.15, 0.2) is 78.9 Å². The third-order valence-electron chi connectivity index (χ3n) is 6.08. The molecule has 1 fully saturated rings. The summed E-state index contributed by atoms with van der Waals surface area (Å²) in [6.07, 6.45) is 6.56. The number of hydrogen-bond donors (Lipinski definition) is 0. The summed E-state index contributed by atoms with van der Waals surface area (Å²) >= 11 is 0. The van der Waals surface area contributed by atoms with E-state index in [1.807, 2.05) is 66.7 Å². The van der Waals surface area contributed by atoms with E-state index in [1.165, 1.54) is 0 Å². The zero-order valence-electron chi connectivity index (χ0n) is 19.6. The van der Waals surface area contributed by atoms with Crippen molar-refractivity contribution in [3.05, 3.63) is 95.6 Å². The van der Waals surface area contributed by atoms with E-state index in [9.17, 15) is 0 Å². The molecule has 0 spiro atoms. The zero-order chi connectivity index (χ0) is 23.8. The Hall–Kier alpha value is -3.30. The highest BCUT2D eigenvalue weighted by Crippen LogP contribution is 2.42. The molecule has 0 bridgehead atoms. The number of hydrogen-bond acceptors (Lipinski definition) is 5. The molecule has 34 heavy (non-hydrogen) atoms. The molecule has 0 N–H and O–H groups in total. The maximum absolute atomic E-state index is 6.87. The van der Waals surface area contributed by atoms with Crippen molar-refractivity contribution >= 4 is 0 Å². The first kappa shape index (κ1) is 23.8. The van der Waals surface area contributed by atoms with Crippen LogP contribution in [0.2, 0.25) is 0 Å². The average molecular weight is 459 g/mol. The lowest BCUT2D eigenvalue weighted by Crippen LogP contribution is -2.36. The number of ether oxygens (including phenoxy) is 5. The Labute approximate surface area is 201 Å². The van der Waals surface area contributed by atoms with Gasteiger partial charge >= 0.3 is 0 Å². The third kappa shape index (κ3) is 5.10. The summed E-state index contributed by atoms with van der Waals surface area (Å²) in [5.74, 6) is 4.07. The Bertz CT molecular complexity index is 1020. The zero-order valence-corrected chi connectivity index (χ0v) is 19.6. The molecular weight excluding hydrogens is 428 g/mol. The molecule has 0 radical (unpaired) electrons. The standard InChI is InChI=1S/C29H30O5/c1-4-20-32-28-19-18-27(34-28)21-33-29(22-8-6-5-7-9-22,23-10-14-25(30-2)15-11-23)24-12-16-26(31-3)17-13-24/h1,5-17,27-28H,18-21H2,2-3H3/t27-,28+/m0/s1. The first-order valence-corrected chi connectivity index (χ1v) is 11.4. The maximum atomic E-state index is 6.87. The summed E-state index contributed by atoms with van der Waals surface area (Å²) in [5.41, 5.74) is 2.13. The van der Waals surface area contributed by atoms with E-state index in [-0.39, 0.29) is 19.0 Å². The molecule has 5 heteroatoms. The lowest BCUT2D eigenvalue weighted by Gasteiger charge is -2.37.